The molecule has 0 fully saturated rings. The Hall–Kier alpha value is -0.670. The monoisotopic (exact) mass is 358 g/mol. The van der Waals surface area contributed by atoms with E-state index in [1.165, 1.54) is 37.8 Å². The Kier molecular flexibility index (Phi) is 8.08. The fraction of sp³-hybridized carbons (Fsp3) is 0.500. The number of benzene rings is 1. The van der Waals surface area contributed by atoms with Gasteiger partial charge in [-0.1, -0.05) is 44.2 Å². The standard InChI is InChI=1S/C16H23ClN2.BrH/c1-2-3-4-5-6-11-18-12-13-19(14-18)16-9-7-15(17)8-10-16;/h7-10,12-13H,2-6,11,14H2,1H3;1H. The highest BCUT2D eigenvalue weighted by Gasteiger charge is 2.12. The summed E-state index contributed by atoms with van der Waals surface area (Å²) in [7, 11) is 0. The molecule has 112 valence electrons. The van der Waals surface area contributed by atoms with Crippen LogP contribution < -0.4 is 4.90 Å². The third-order valence-corrected chi connectivity index (χ3v) is 3.75. The van der Waals surface area contributed by atoms with Crippen LogP contribution in [0.25, 0.3) is 0 Å². The summed E-state index contributed by atoms with van der Waals surface area (Å²) in [5, 5.41) is 0.791. The predicted molar refractivity (Wildman–Crippen MR) is 93.7 cm³/mol. The van der Waals surface area contributed by atoms with Crippen molar-refractivity contribution in [1.82, 2.24) is 4.90 Å². The molecule has 0 unspecified atom stereocenters. The van der Waals surface area contributed by atoms with Crippen molar-refractivity contribution in [3.8, 4) is 0 Å². The molecule has 0 aliphatic carbocycles. The van der Waals surface area contributed by atoms with Crippen molar-refractivity contribution >= 4 is 34.3 Å². The van der Waals surface area contributed by atoms with Crippen LogP contribution in [0.5, 0.6) is 0 Å². The summed E-state index contributed by atoms with van der Waals surface area (Å²) in [4.78, 5) is 4.63. The zero-order valence-corrected chi connectivity index (χ0v) is 14.6. The number of hydrogen-bond donors (Lipinski definition) is 0. The molecule has 2 nitrogen and oxygen atoms in total. The Morgan fingerprint density at radius 2 is 1.70 bits per heavy atom. The van der Waals surface area contributed by atoms with Crippen LogP contribution in [0.2, 0.25) is 5.02 Å². The summed E-state index contributed by atoms with van der Waals surface area (Å²) >= 11 is 5.91. The zero-order valence-electron chi connectivity index (χ0n) is 12.1. The van der Waals surface area contributed by atoms with Gasteiger partial charge in [-0.2, -0.15) is 0 Å². The lowest BCUT2D eigenvalue weighted by atomic mass is 10.1. The summed E-state index contributed by atoms with van der Waals surface area (Å²) in [6.07, 6.45) is 11.0. The van der Waals surface area contributed by atoms with Gasteiger partial charge in [-0.25, -0.2) is 0 Å². The maximum Gasteiger partial charge on any atom is 0.0941 e. The fourth-order valence-corrected chi connectivity index (χ4v) is 2.45. The Morgan fingerprint density at radius 3 is 2.40 bits per heavy atom. The molecular formula is C16H24BrClN2. The maximum atomic E-state index is 5.91. The van der Waals surface area contributed by atoms with Crippen LogP contribution in [0.1, 0.15) is 39.0 Å². The minimum atomic E-state index is 0. The first-order valence-electron chi connectivity index (χ1n) is 7.24. The Morgan fingerprint density at radius 1 is 1.00 bits per heavy atom. The molecule has 20 heavy (non-hydrogen) atoms. The second-order valence-corrected chi connectivity index (χ2v) is 5.55. The lowest BCUT2D eigenvalue weighted by Gasteiger charge is -2.21. The normalized spacial score (nSPS) is 13.7. The van der Waals surface area contributed by atoms with E-state index in [2.05, 4.69) is 41.3 Å². The van der Waals surface area contributed by atoms with Gasteiger partial charge in [-0.05, 0) is 30.7 Å². The van der Waals surface area contributed by atoms with Crippen molar-refractivity contribution in [3.05, 3.63) is 41.7 Å². The molecule has 0 saturated carbocycles. The molecule has 0 bridgehead atoms. The van der Waals surface area contributed by atoms with E-state index in [-0.39, 0.29) is 17.0 Å². The average Bonchev–Trinajstić information content (AvgIpc) is 2.88. The van der Waals surface area contributed by atoms with Crippen LogP contribution in [0, 0.1) is 0 Å². The molecule has 0 atom stereocenters. The van der Waals surface area contributed by atoms with Crippen molar-refractivity contribution in [2.24, 2.45) is 0 Å². The van der Waals surface area contributed by atoms with Gasteiger partial charge >= 0.3 is 0 Å². The van der Waals surface area contributed by atoms with Crippen LogP contribution >= 0.6 is 28.6 Å². The van der Waals surface area contributed by atoms with E-state index in [1.54, 1.807) is 0 Å². The molecule has 0 aromatic heterocycles. The highest BCUT2D eigenvalue weighted by molar-refractivity contribution is 8.93. The molecule has 1 aliphatic heterocycles. The number of rotatable bonds is 7. The van der Waals surface area contributed by atoms with Crippen LogP contribution in [0.4, 0.5) is 5.69 Å². The van der Waals surface area contributed by atoms with Gasteiger partial charge in [0.1, 0.15) is 0 Å². The summed E-state index contributed by atoms with van der Waals surface area (Å²) in [6, 6.07) is 8.02. The van der Waals surface area contributed by atoms with Gasteiger partial charge < -0.3 is 9.80 Å². The third kappa shape index (κ3) is 5.37. The van der Waals surface area contributed by atoms with Crippen molar-refractivity contribution < 1.29 is 0 Å². The molecule has 0 radical (unpaired) electrons. The Labute approximate surface area is 138 Å². The molecule has 0 N–H and O–H groups in total. The van der Waals surface area contributed by atoms with Crippen molar-refractivity contribution in [1.29, 1.82) is 0 Å². The first-order chi connectivity index (χ1) is 9.29. The van der Waals surface area contributed by atoms with Crippen molar-refractivity contribution in [2.45, 2.75) is 39.0 Å². The SMILES string of the molecule is Br.CCCCCCCN1C=CN(c2ccc(Cl)cc2)C1. The van der Waals surface area contributed by atoms with Crippen molar-refractivity contribution in [2.75, 3.05) is 18.1 Å². The molecular weight excluding hydrogens is 336 g/mol. The van der Waals surface area contributed by atoms with Crippen LogP contribution in [0.15, 0.2) is 36.7 Å². The summed E-state index contributed by atoms with van der Waals surface area (Å²) < 4.78 is 0. The number of anilines is 1. The second-order valence-electron chi connectivity index (χ2n) is 5.11. The molecule has 1 heterocycles. The number of unbranched alkanes of at least 4 members (excludes halogenated alkanes) is 4. The van der Waals surface area contributed by atoms with E-state index in [0.29, 0.717) is 0 Å². The van der Waals surface area contributed by atoms with Crippen LogP contribution in [0.3, 0.4) is 0 Å². The molecule has 1 aliphatic rings. The van der Waals surface area contributed by atoms with Gasteiger partial charge in [-0.15, -0.1) is 17.0 Å². The average molecular weight is 360 g/mol. The van der Waals surface area contributed by atoms with E-state index in [0.717, 1.165) is 18.2 Å². The lowest BCUT2D eigenvalue weighted by Crippen LogP contribution is -2.25. The maximum absolute atomic E-state index is 5.91. The number of hydrogen-bond acceptors (Lipinski definition) is 2. The molecule has 1 aromatic carbocycles. The van der Waals surface area contributed by atoms with E-state index in [1.807, 2.05) is 12.1 Å². The van der Waals surface area contributed by atoms with Gasteiger partial charge in [0.15, 0.2) is 0 Å². The quantitative estimate of drug-likeness (QED) is 0.598. The minimum Gasteiger partial charge on any atom is -0.358 e. The zero-order chi connectivity index (χ0) is 13.5. The van der Waals surface area contributed by atoms with Gasteiger partial charge in [0.05, 0.1) is 6.67 Å². The topological polar surface area (TPSA) is 6.48 Å². The molecule has 1 aromatic rings. The largest absolute Gasteiger partial charge is 0.358 e. The highest BCUT2D eigenvalue weighted by Crippen LogP contribution is 2.21. The molecule has 4 heteroatoms. The van der Waals surface area contributed by atoms with Crippen LogP contribution in [-0.4, -0.2) is 18.1 Å². The van der Waals surface area contributed by atoms with E-state index >= 15 is 0 Å². The van der Waals surface area contributed by atoms with E-state index < -0.39 is 0 Å². The lowest BCUT2D eigenvalue weighted by molar-refractivity contribution is 0.389. The van der Waals surface area contributed by atoms with Gasteiger partial charge in [0.2, 0.25) is 0 Å². The summed E-state index contributed by atoms with van der Waals surface area (Å²) in [6.45, 7) is 4.37. The Bertz CT molecular complexity index is 405. The number of halogens is 2. The van der Waals surface area contributed by atoms with Gasteiger partial charge in [-0.3, -0.25) is 0 Å². The van der Waals surface area contributed by atoms with E-state index in [4.69, 9.17) is 11.6 Å². The summed E-state index contributed by atoms with van der Waals surface area (Å²) in [5.74, 6) is 0. The summed E-state index contributed by atoms with van der Waals surface area (Å²) in [5.41, 5.74) is 1.20. The smallest absolute Gasteiger partial charge is 0.0941 e. The molecule has 2 rings (SSSR count). The van der Waals surface area contributed by atoms with Gasteiger partial charge in [0.25, 0.3) is 0 Å². The third-order valence-electron chi connectivity index (χ3n) is 3.50. The molecule has 0 amide bonds. The van der Waals surface area contributed by atoms with Gasteiger partial charge in [0, 0.05) is 29.7 Å². The fourth-order valence-electron chi connectivity index (χ4n) is 2.33. The van der Waals surface area contributed by atoms with Crippen LogP contribution in [-0.2, 0) is 0 Å². The number of nitrogens with zero attached hydrogens (tertiary/aromatic N) is 2. The first-order valence-corrected chi connectivity index (χ1v) is 7.62. The highest BCUT2D eigenvalue weighted by atomic mass is 79.9. The van der Waals surface area contributed by atoms with Crippen molar-refractivity contribution in [3.63, 3.8) is 0 Å². The molecule has 0 saturated heterocycles. The first kappa shape index (κ1) is 17.4. The second kappa shape index (κ2) is 9.30. The Balaban J connectivity index is 0.00000200. The van der Waals surface area contributed by atoms with E-state index in [9.17, 15) is 0 Å². The predicted octanol–water partition coefficient (Wildman–Crippen LogP) is 5.44. The minimum absolute atomic E-state index is 0. The molecule has 0 spiro atoms.